The van der Waals surface area contributed by atoms with E-state index in [4.69, 9.17) is 0 Å². The molecule has 1 atom stereocenters. The number of benzene rings is 1. The van der Waals surface area contributed by atoms with Crippen molar-refractivity contribution in [3.8, 4) is 0 Å². The van der Waals surface area contributed by atoms with Crippen LogP contribution in [0.4, 0.5) is 5.82 Å². The number of aromatic nitrogens is 2. The van der Waals surface area contributed by atoms with Gasteiger partial charge >= 0.3 is 0 Å². The number of nitrogens with zero attached hydrogens (tertiary/aromatic N) is 3. The molecule has 22 heavy (non-hydrogen) atoms. The summed E-state index contributed by atoms with van der Waals surface area (Å²) in [6, 6.07) is 3.63. The standard InChI is InChI=1S/C15H20N4O2S/c1-10(8-19(2)3)18-15-14-11-6-7-22(20,21)13(11)5-4-12(14)16-9-17-15/h4-5,9-10H,6-8H2,1-3H3,(H,16,17,18). The van der Waals surface area contributed by atoms with Crippen molar-refractivity contribution in [2.75, 3.05) is 31.7 Å². The van der Waals surface area contributed by atoms with Gasteiger partial charge in [-0.25, -0.2) is 18.4 Å². The molecule has 2 heterocycles. The minimum Gasteiger partial charge on any atom is -0.366 e. The fraction of sp³-hybridized carbons (Fsp3) is 0.467. The van der Waals surface area contributed by atoms with E-state index in [1.54, 1.807) is 12.1 Å². The van der Waals surface area contributed by atoms with Crippen molar-refractivity contribution >= 4 is 26.6 Å². The molecule has 2 aromatic rings. The summed E-state index contributed by atoms with van der Waals surface area (Å²) in [7, 11) is 0.876. The number of aryl methyl sites for hydroxylation is 1. The lowest BCUT2D eigenvalue weighted by Crippen LogP contribution is -2.30. The van der Waals surface area contributed by atoms with Crippen molar-refractivity contribution in [1.29, 1.82) is 0 Å². The van der Waals surface area contributed by atoms with Crippen LogP contribution in [0.15, 0.2) is 23.4 Å². The predicted molar refractivity (Wildman–Crippen MR) is 86.9 cm³/mol. The minimum absolute atomic E-state index is 0.170. The molecule has 3 rings (SSSR count). The van der Waals surface area contributed by atoms with E-state index in [1.165, 1.54) is 6.33 Å². The van der Waals surface area contributed by atoms with Crippen LogP contribution >= 0.6 is 0 Å². The third-order valence-corrected chi connectivity index (χ3v) is 5.64. The number of rotatable bonds is 4. The van der Waals surface area contributed by atoms with Crippen LogP contribution in [0.2, 0.25) is 0 Å². The number of likely N-dealkylation sites (N-methyl/N-ethyl adjacent to an activating group) is 1. The van der Waals surface area contributed by atoms with Crippen LogP contribution in [0.25, 0.3) is 10.9 Å². The molecule has 1 aromatic heterocycles. The van der Waals surface area contributed by atoms with Crippen molar-refractivity contribution in [3.63, 3.8) is 0 Å². The van der Waals surface area contributed by atoms with Gasteiger partial charge in [-0.1, -0.05) is 0 Å². The molecule has 1 aliphatic rings. The van der Waals surface area contributed by atoms with E-state index in [2.05, 4.69) is 27.1 Å². The van der Waals surface area contributed by atoms with Crippen LogP contribution < -0.4 is 5.32 Å². The highest BCUT2D eigenvalue weighted by Gasteiger charge is 2.29. The Balaban J connectivity index is 2.10. The summed E-state index contributed by atoms with van der Waals surface area (Å²) in [5.74, 6) is 0.886. The Hall–Kier alpha value is -1.73. The summed E-state index contributed by atoms with van der Waals surface area (Å²) < 4.78 is 24.2. The summed E-state index contributed by atoms with van der Waals surface area (Å²) in [6.07, 6.45) is 2.04. The van der Waals surface area contributed by atoms with Gasteiger partial charge in [0.25, 0.3) is 0 Å². The zero-order valence-corrected chi connectivity index (χ0v) is 13.8. The summed E-state index contributed by atoms with van der Waals surface area (Å²) in [5.41, 5.74) is 1.63. The molecule has 0 aliphatic carbocycles. The van der Waals surface area contributed by atoms with Crippen molar-refractivity contribution in [3.05, 3.63) is 24.0 Å². The molecule has 6 nitrogen and oxygen atoms in total. The van der Waals surface area contributed by atoms with E-state index >= 15 is 0 Å². The fourth-order valence-corrected chi connectivity index (χ4v) is 4.57. The average molecular weight is 320 g/mol. The molecule has 7 heteroatoms. The van der Waals surface area contributed by atoms with Gasteiger partial charge in [0.15, 0.2) is 9.84 Å². The quantitative estimate of drug-likeness (QED) is 0.916. The molecule has 1 aromatic carbocycles. The first-order valence-corrected chi connectivity index (χ1v) is 8.94. The third-order valence-electron chi connectivity index (χ3n) is 3.85. The molecule has 0 saturated carbocycles. The molecule has 1 aliphatic heterocycles. The molecule has 0 amide bonds. The first-order chi connectivity index (χ1) is 10.4. The molecule has 0 fully saturated rings. The second kappa shape index (κ2) is 5.48. The van der Waals surface area contributed by atoms with Crippen LogP contribution in [0.5, 0.6) is 0 Å². The van der Waals surface area contributed by atoms with Gasteiger partial charge in [0.1, 0.15) is 12.1 Å². The maximum Gasteiger partial charge on any atom is 0.179 e. The van der Waals surface area contributed by atoms with Gasteiger partial charge in [-0.15, -0.1) is 0 Å². The predicted octanol–water partition coefficient (Wildman–Crippen LogP) is 1.32. The van der Waals surface area contributed by atoms with Gasteiger partial charge in [-0.2, -0.15) is 0 Å². The smallest absolute Gasteiger partial charge is 0.179 e. The van der Waals surface area contributed by atoms with Crippen molar-refractivity contribution in [1.82, 2.24) is 14.9 Å². The second-order valence-electron chi connectivity index (χ2n) is 6.04. The largest absolute Gasteiger partial charge is 0.366 e. The third kappa shape index (κ3) is 2.66. The van der Waals surface area contributed by atoms with Gasteiger partial charge in [-0.05, 0) is 45.1 Å². The lowest BCUT2D eigenvalue weighted by molar-refractivity contribution is 0.392. The Morgan fingerprint density at radius 1 is 1.32 bits per heavy atom. The van der Waals surface area contributed by atoms with Gasteiger partial charge in [0.05, 0.1) is 16.2 Å². The monoisotopic (exact) mass is 320 g/mol. The maximum atomic E-state index is 12.1. The van der Waals surface area contributed by atoms with E-state index in [9.17, 15) is 8.42 Å². The molecule has 118 valence electrons. The van der Waals surface area contributed by atoms with Gasteiger partial charge < -0.3 is 10.2 Å². The minimum atomic E-state index is -3.15. The first kappa shape index (κ1) is 15.2. The van der Waals surface area contributed by atoms with Crippen LogP contribution in [-0.2, 0) is 16.3 Å². The number of fused-ring (bicyclic) bond motifs is 3. The van der Waals surface area contributed by atoms with E-state index < -0.39 is 9.84 Å². The lowest BCUT2D eigenvalue weighted by atomic mass is 10.1. The molecule has 0 radical (unpaired) electrons. The summed E-state index contributed by atoms with van der Waals surface area (Å²) >= 11 is 0. The Labute approximate surface area is 130 Å². The van der Waals surface area contributed by atoms with E-state index in [0.717, 1.165) is 23.0 Å². The van der Waals surface area contributed by atoms with E-state index in [-0.39, 0.29) is 11.8 Å². The summed E-state index contributed by atoms with van der Waals surface area (Å²) in [5, 5.41) is 4.23. The molecule has 0 spiro atoms. The van der Waals surface area contributed by atoms with Gasteiger partial charge in [0, 0.05) is 18.0 Å². The first-order valence-electron chi connectivity index (χ1n) is 7.29. The highest BCUT2D eigenvalue weighted by Crippen LogP contribution is 2.34. The topological polar surface area (TPSA) is 75.2 Å². The second-order valence-corrected chi connectivity index (χ2v) is 8.11. The highest BCUT2D eigenvalue weighted by molar-refractivity contribution is 7.91. The molecular weight excluding hydrogens is 300 g/mol. The Morgan fingerprint density at radius 2 is 2.09 bits per heavy atom. The van der Waals surface area contributed by atoms with Crippen LogP contribution in [0.1, 0.15) is 12.5 Å². The number of sulfone groups is 1. The number of anilines is 1. The van der Waals surface area contributed by atoms with Crippen molar-refractivity contribution < 1.29 is 8.42 Å². The van der Waals surface area contributed by atoms with E-state index in [1.807, 2.05) is 14.1 Å². The normalized spacial score (nSPS) is 17.6. The SMILES string of the molecule is CC(CN(C)C)Nc1ncnc2ccc3c(c12)CCS3(=O)=O. The van der Waals surface area contributed by atoms with Gasteiger partial charge in [-0.3, -0.25) is 0 Å². The Morgan fingerprint density at radius 3 is 2.82 bits per heavy atom. The lowest BCUT2D eigenvalue weighted by Gasteiger charge is -2.20. The number of hydrogen-bond acceptors (Lipinski definition) is 6. The highest BCUT2D eigenvalue weighted by atomic mass is 32.2. The fourth-order valence-electron chi connectivity index (χ4n) is 3.02. The Bertz CT molecular complexity index is 818. The van der Waals surface area contributed by atoms with Crippen LogP contribution in [0.3, 0.4) is 0 Å². The maximum absolute atomic E-state index is 12.1. The van der Waals surface area contributed by atoms with Crippen molar-refractivity contribution in [2.24, 2.45) is 0 Å². The van der Waals surface area contributed by atoms with Crippen LogP contribution in [-0.4, -0.2) is 55.7 Å². The molecular formula is C15H20N4O2S. The Kier molecular flexibility index (Phi) is 3.78. The van der Waals surface area contributed by atoms with Crippen LogP contribution in [0, 0.1) is 0 Å². The van der Waals surface area contributed by atoms with E-state index in [0.29, 0.717) is 17.1 Å². The van der Waals surface area contributed by atoms with Crippen molar-refractivity contribution in [2.45, 2.75) is 24.3 Å². The average Bonchev–Trinajstić information content (AvgIpc) is 2.74. The molecule has 1 N–H and O–H groups in total. The molecule has 0 saturated heterocycles. The molecule has 1 unspecified atom stereocenters. The molecule has 0 bridgehead atoms. The number of nitrogens with one attached hydrogen (secondary N) is 1. The number of hydrogen-bond donors (Lipinski definition) is 1. The summed E-state index contributed by atoms with van der Waals surface area (Å²) in [6.45, 7) is 2.94. The zero-order chi connectivity index (χ0) is 15.9. The zero-order valence-electron chi connectivity index (χ0n) is 13.0. The summed E-state index contributed by atoms with van der Waals surface area (Å²) in [4.78, 5) is 11.1. The van der Waals surface area contributed by atoms with Gasteiger partial charge in [0.2, 0.25) is 0 Å².